The lowest BCUT2D eigenvalue weighted by molar-refractivity contribution is -0.384. The van der Waals surface area contributed by atoms with Crippen LogP contribution < -0.4 is 10.0 Å². The maximum absolute atomic E-state index is 12.8. The van der Waals surface area contributed by atoms with Gasteiger partial charge in [-0.2, -0.15) is 0 Å². The molecule has 8 nitrogen and oxygen atoms in total. The Labute approximate surface area is 183 Å². The molecule has 2 N–H and O–H groups in total. The number of rotatable bonds is 8. The summed E-state index contributed by atoms with van der Waals surface area (Å²) in [5.41, 5.74) is 2.33. The van der Waals surface area contributed by atoms with Crippen LogP contribution in [0.3, 0.4) is 0 Å². The van der Waals surface area contributed by atoms with E-state index in [2.05, 4.69) is 28.8 Å². The third kappa shape index (κ3) is 5.54. The lowest BCUT2D eigenvalue weighted by Crippen LogP contribution is -2.29. The van der Waals surface area contributed by atoms with E-state index in [0.717, 1.165) is 36.7 Å². The first-order chi connectivity index (χ1) is 14.6. The molecule has 1 heterocycles. The van der Waals surface area contributed by atoms with Crippen LogP contribution in [0.4, 0.5) is 17.1 Å². The van der Waals surface area contributed by atoms with E-state index in [1.54, 1.807) is 6.07 Å². The maximum atomic E-state index is 12.8. The van der Waals surface area contributed by atoms with Gasteiger partial charge in [-0.15, -0.1) is 0 Å². The molecule has 2 aromatic carbocycles. The van der Waals surface area contributed by atoms with Gasteiger partial charge in [0.25, 0.3) is 15.7 Å². The topological polar surface area (TPSA) is 105 Å². The van der Waals surface area contributed by atoms with Gasteiger partial charge in [-0.3, -0.25) is 14.8 Å². The minimum atomic E-state index is -3.96. The first kappa shape index (κ1) is 23.0. The molecule has 0 amide bonds. The number of nitrogens with zero attached hydrogens (tertiary/aromatic N) is 2. The Morgan fingerprint density at radius 3 is 2.48 bits per heavy atom. The SMILES string of the molecule is Cc1ccc(NS(=O)(=O)c2ccc(NC[C@H]3CCN(C(C)C)C3)c([N+](=O)[O-])c2)c(C)c1. The number of benzene rings is 2. The third-order valence-electron chi connectivity index (χ3n) is 5.73. The Morgan fingerprint density at radius 2 is 1.87 bits per heavy atom. The van der Waals surface area contributed by atoms with Crippen molar-refractivity contribution in [2.75, 3.05) is 29.7 Å². The van der Waals surface area contributed by atoms with Crippen LogP contribution in [0.1, 0.15) is 31.4 Å². The highest BCUT2D eigenvalue weighted by molar-refractivity contribution is 7.92. The molecule has 0 spiro atoms. The Balaban J connectivity index is 1.77. The van der Waals surface area contributed by atoms with Crippen molar-refractivity contribution < 1.29 is 13.3 Å². The minimum Gasteiger partial charge on any atom is -0.379 e. The largest absolute Gasteiger partial charge is 0.379 e. The summed E-state index contributed by atoms with van der Waals surface area (Å²) in [5, 5.41) is 14.8. The zero-order chi connectivity index (χ0) is 22.8. The fourth-order valence-electron chi connectivity index (χ4n) is 3.86. The fourth-order valence-corrected chi connectivity index (χ4v) is 5.01. The minimum absolute atomic E-state index is 0.142. The van der Waals surface area contributed by atoms with Crippen LogP contribution in [0.15, 0.2) is 41.3 Å². The molecule has 0 radical (unpaired) electrons. The van der Waals surface area contributed by atoms with Gasteiger partial charge >= 0.3 is 0 Å². The summed E-state index contributed by atoms with van der Waals surface area (Å²) in [7, 11) is -3.96. The van der Waals surface area contributed by atoms with Gasteiger partial charge in [0.05, 0.1) is 15.5 Å². The summed E-state index contributed by atoms with van der Waals surface area (Å²) in [6.45, 7) is 10.6. The van der Waals surface area contributed by atoms with Crippen LogP contribution in [0.25, 0.3) is 0 Å². The first-order valence-electron chi connectivity index (χ1n) is 10.4. The summed E-state index contributed by atoms with van der Waals surface area (Å²) in [6, 6.07) is 9.84. The zero-order valence-electron chi connectivity index (χ0n) is 18.4. The smallest absolute Gasteiger partial charge is 0.293 e. The van der Waals surface area contributed by atoms with E-state index in [1.165, 1.54) is 12.1 Å². The van der Waals surface area contributed by atoms with Gasteiger partial charge < -0.3 is 10.2 Å². The van der Waals surface area contributed by atoms with Crippen molar-refractivity contribution in [3.05, 3.63) is 57.6 Å². The van der Waals surface area contributed by atoms with Crippen molar-refractivity contribution in [3.63, 3.8) is 0 Å². The molecule has 1 aliphatic heterocycles. The molecule has 0 unspecified atom stereocenters. The van der Waals surface area contributed by atoms with E-state index < -0.39 is 14.9 Å². The van der Waals surface area contributed by atoms with Crippen LogP contribution in [0.2, 0.25) is 0 Å². The fraction of sp³-hybridized carbons (Fsp3) is 0.455. The Morgan fingerprint density at radius 1 is 1.16 bits per heavy atom. The number of aryl methyl sites for hydroxylation is 2. The molecule has 1 aliphatic rings. The average molecular weight is 447 g/mol. The molecule has 0 bridgehead atoms. The zero-order valence-corrected chi connectivity index (χ0v) is 19.2. The van der Waals surface area contributed by atoms with Crippen molar-refractivity contribution >= 4 is 27.1 Å². The third-order valence-corrected chi connectivity index (χ3v) is 7.09. The van der Waals surface area contributed by atoms with Crippen LogP contribution in [-0.4, -0.2) is 43.9 Å². The van der Waals surface area contributed by atoms with Gasteiger partial charge in [0.2, 0.25) is 0 Å². The second-order valence-corrected chi connectivity index (χ2v) is 10.2. The number of nitrogens with one attached hydrogen (secondary N) is 2. The predicted molar refractivity (Wildman–Crippen MR) is 123 cm³/mol. The highest BCUT2D eigenvalue weighted by Crippen LogP contribution is 2.30. The van der Waals surface area contributed by atoms with E-state index >= 15 is 0 Å². The van der Waals surface area contributed by atoms with Crippen LogP contribution >= 0.6 is 0 Å². The Bertz CT molecular complexity index is 1070. The number of hydrogen-bond acceptors (Lipinski definition) is 6. The van der Waals surface area contributed by atoms with Gasteiger partial charge in [-0.05, 0) is 70.3 Å². The van der Waals surface area contributed by atoms with E-state index in [4.69, 9.17) is 0 Å². The van der Waals surface area contributed by atoms with Gasteiger partial charge in [0.15, 0.2) is 0 Å². The summed E-state index contributed by atoms with van der Waals surface area (Å²) in [5.74, 6) is 0.400. The summed E-state index contributed by atoms with van der Waals surface area (Å²) in [4.78, 5) is 13.3. The standard InChI is InChI=1S/C22H30N4O4S/c1-15(2)25-10-9-18(14-25)13-23-21-8-6-19(12-22(21)26(27)28)31(29,30)24-20-7-5-16(3)11-17(20)4/h5-8,11-12,15,18,23-24H,9-10,13-14H2,1-4H3/t18-/m1/s1. The first-order valence-corrected chi connectivity index (χ1v) is 11.9. The normalized spacial score (nSPS) is 17.1. The predicted octanol–water partition coefficient (Wildman–Crippen LogP) is 4.15. The van der Waals surface area contributed by atoms with Gasteiger partial charge in [0, 0.05) is 25.2 Å². The van der Waals surface area contributed by atoms with Crippen LogP contribution in [0.5, 0.6) is 0 Å². The number of nitro benzene ring substituents is 1. The molecule has 3 rings (SSSR count). The number of hydrogen-bond donors (Lipinski definition) is 2. The molecule has 2 aromatic rings. The maximum Gasteiger partial charge on any atom is 0.293 e. The van der Waals surface area contributed by atoms with Crippen molar-refractivity contribution in [2.45, 2.75) is 45.1 Å². The van der Waals surface area contributed by atoms with Crippen molar-refractivity contribution in [1.82, 2.24) is 4.90 Å². The second-order valence-electron chi connectivity index (χ2n) is 8.48. The van der Waals surface area contributed by atoms with Crippen molar-refractivity contribution in [1.29, 1.82) is 0 Å². The van der Waals surface area contributed by atoms with Crippen LogP contribution in [0, 0.1) is 29.9 Å². The molecule has 168 valence electrons. The second kappa shape index (κ2) is 9.23. The number of nitro groups is 1. The summed E-state index contributed by atoms with van der Waals surface area (Å²) >= 11 is 0. The van der Waals surface area contributed by atoms with Crippen molar-refractivity contribution in [2.24, 2.45) is 5.92 Å². The summed E-state index contributed by atoms with van der Waals surface area (Å²) < 4.78 is 28.2. The van der Waals surface area contributed by atoms with E-state index in [0.29, 0.717) is 29.9 Å². The molecule has 1 saturated heterocycles. The Kier molecular flexibility index (Phi) is 6.86. The van der Waals surface area contributed by atoms with E-state index in [9.17, 15) is 18.5 Å². The summed E-state index contributed by atoms with van der Waals surface area (Å²) in [6.07, 6.45) is 1.03. The molecular formula is C22H30N4O4S. The average Bonchev–Trinajstić information content (AvgIpc) is 3.17. The highest BCUT2D eigenvalue weighted by atomic mass is 32.2. The lowest BCUT2D eigenvalue weighted by atomic mass is 10.1. The molecule has 9 heteroatoms. The van der Waals surface area contributed by atoms with Gasteiger partial charge in [-0.1, -0.05) is 17.7 Å². The van der Waals surface area contributed by atoms with Crippen molar-refractivity contribution in [3.8, 4) is 0 Å². The number of sulfonamides is 1. The molecule has 1 atom stereocenters. The quantitative estimate of drug-likeness (QED) is 0.466. The Hall–Kier alpha value is -2.65. The molecular weight excluding hydrogens is 416 g/mol. The molecule has 0 saturated carbocycles. The van der Waals surface area contributed by atoms with Crippen LogP contribution in [-0.2, 0) is 10.0 Å². The number of likely N-dealkylation sites (tertiary alicyclic amines) is 1. The van der Waals surface area contributed by atoms with E-state index in [1.807, 2.05) is 26.0 Å². The number of anilines is 2. The molecule has 31 heavy (non-hydrogen) atoms. The molecule has 0 aromatic heterocycles. The van der Waals surface area contributed by atoms with E-state index in [-0.39, 0.29) is 10.6 Å². The highest BCUT2D eigenvalue weighted by Gasteiger charge is 2.26. The monoisotopic (exact) mass is 446 g/mol. The molecule has 1 fully saturated rings. The van der Waals surface area contributed by atoms with Gasteiger partial charge in [0.1, 0.15) is 5.69 Å². The molecule has 0 aliphatic carbocycles. The lowest BCUT2D eigenvalue weighted by Gasteiger charge is -2.20. The van der Waals surface area contributed by atoms with Gasteiger partial charge in [-0.25, -0.2) is 8.42 Å².